The van der Waals surface area contributed by atoms with Crippen LogP contribution in [0.1, 0.15) is 6.42 Å². The van der Waals surface area contributed by atoms with Gasteiger partial charge in [0.15, 0.2) is 0 Å². The first-order chi connectivity index (χ1) is 9.06. The SMILES string of the molecule is Cl.NCC1CCN(CC(=O)Nc2cc(F)cc(F)c2)C1. The zero-order valence-electron chi connectivity index (χ0n) is 10.9. The van der Waals surface area contributed by atoms with E-state index in [9.17, 15) is 13.6 Å². The molecule has 0 aromatic heterocycles. The van der Waals surface area contributed by atoms with Crippen molar-refractivity contribution in [2.75, 3.05) is 31.5 Å². The predicted octanol–water partition coefficient (Wildman–Crippen LogP) is 1.61. The maximum Gasteiger partial charge on any atom is 0.238 e. The van der Waals surface area contributed by atoms with Gasteiger partial charge >= 0.3 is 0 Å². The predicted molar refractivity (Wildman–Crippen MR) is 75.8 cm³/mol. The Morgan fingerprint density at radius 2 is 2.00 bits per heavy atom. The minimum atomic E-state index is -0.709. The van der Waals surface area contributed by atoms with Crippen LogP contribution in [0.15, 0.2) is 18.2 Å². The van der Waals surface area contributed by atoms with Crippen LogP contribution in [-0.2, 0) is 4.79 Å². The van der Waals surface area contributed by atoms with E-state index in [1.165, 1.54) is 0 Å². The molecule has 1 fully saturated rings. The van der Waals surface area contributed by atoms with Crippen molar-refractivity contribution >= 4 is 24.0 Å². The number of nitrogens with one attached hydrogen (secondary N) is 1. The maximum absolute atomic E-state index is 13.0. The Kier molecular flexibility index (Phi) is 6.32. The van der Waals surface area contributed by atoms with Gasteiger partial charge in [-0.15, -0.1) is 12.4 Å². The van der Waals surface area contributed by atoms with Crippen molar-refractivity contribution in [2.45, 2.75) is 6.42 Å². The third-order valence-electron chi connectivity index (χ3n) is 3.22. The quantitative estimate of drug-likeness (QED) is 0.888. The number of halogens is 3. The van der Waals surface area contributed by atoms with Crippen LogP contribution in [0.4, 0.5) is 14.5 Å². The normalized spacial score (nSPS) is 18.6. The van der Waals surface area contributed by atoms with Gasteiger partial charge in [-0.2, -0.15) is 0 Å². The third kappa shape index (κ3) is 4.70. The molecule has 1 aromatic carbocycles. The van der Waals surface area contributed by atoms with Crippen LogP contribution in [0.25, 0.3) is 0 Å². The Hall–Kier alpha value is -1.24. The second kappa shape index (κ2) is 7.52. The highest BCUT2D eigenvalue weighted by Gasteiger charge is 2.22. The van der Waals surface area contributed by atoms with Crippen molar-refractivity contribution in [1.29, 1.82) is 0 Å². The molecule has 7 heteroatoms. The van der Waals surface area contributed by atoms with E-state index in [4.69, 9.17) is 5.73 Å². The highest BCUT2D eigenvalue weighted by Crippen LogP contribution is 2.15. The summed E-state index contributed by atoms with van der Waals surface area (Å²) < 4.78 is 25.9. The third-order valence-corrected chi connectivity index (χ3v) is 3.22. The van der Waals surface area contributed by atoms with E-state index >= 15 is 0 Å². The standard InChI is InChI=1S/C13H17F2N3O.ClH/c14-10-3-11(15)5-12(4-10)17-13(19)8-18-2-1-9(6-16)7-18;/h3-5,9H,1-2,6-8,16H2,(H,17,19);1H. The van der Waals surface area contributed by atoms with Crippen LogP contribution in [-0.4, -0.2) is 37.0 Å². The Morgan fingerprint density at radius 1 is 1.35 bits per heavy atom. The molecule has 1 unspecified atom stereocenters. The number of carbonyl (C=O) groups is 1. The fourth-order valence-electron chi connectivity index (χ4n) is 2.28. The molecule has 1 aliphatic heterocycles. The lowest BCUT2D eigenvalue weighted by Crippen LogP contribution is -2.32. The van der Waals surface area contributed by atoms with Crippen molar-refractivity contribution in [3.8, 4) is 0 Å². The molecule has 0 radical (unpaired) electrons. The number of rotatable bonds is 4. The molecular formula is C13H18ClF2N3O. The molecule has 20 heavy (non-hydrogen) atoms. The number of anilines is 1. The minimum absolute atomic E-state index is 0. The summed E-state index contributed by atoms with van der Waals surface area (Å²) in [5.41, 5.74) is 5.71. The number of amides is 1. The highest BCUT2D eigenvalue weighted by molar-refractivity contribution is 5.92. The smallest absolute Gasteiger partial charge is 0.238 e. The number of nitrogens with zero attached hydrogens (tertiary/aromatic N) is 1. The molecule has 1 atom stereocenters. The monoisotopic (exact) mass is 305 g/mol. The van der Waals surface area contributed by atoms with E-state index in [0.717, 1.165) is 37.7 Å². The zero-order chi connectivity index (χ0) is 13.8. The van der Waals surface area contributed by atoms with E-state index in [2.05, 4.69) is 5.32 Å². The number of nitrogens with two attached hydrogens (primary N) is 1. The minimum Gasteiger partial charge on any atom is -0.330 e. The van der Waals surface area contributed by atoms with Crippen molar-refractivity contribution in [1.82, 2.24) is 4.90 Å². The van der Waals surface area contributed by atoms with Crippen LogP contribution in [0, 0.1) is 17.6 Å². The molecule has 1 amide bonds. The second-order valence-corrected chi connectivity index (χ2v) is 4.83. The van der Waals surface area contributed by atoms with E-state index in [1.807, 2.05) is 4.90 Å². The summed E-state index contributed by atoms with van der Waals surface area (Å²) in [7, 11) is 0. The van der Waals surface area contributed by atoms with Crippen molar-refractivity contribution < 1.29 is 13.6 Å². The summed E-state index contributed by atoms with van der Waals surface area (Å²) in [5.74, 6) is -1.26. The van der Waals surface area contributed by atoms with Crippen molar-refractivity contribution in [3.63, 3.8) is 0 Å². The molecule has 0 saturated carbocycles. The molecule has 0 bridgehead atoms. The summed E-state index contributed by atoms with van der Waals surface area (Å²) in [5, 5.41) is 2.49. The van der Waals surface area contributed by atoms with E-state index < -0.39 is 11.6 Å². The van der Waals surface area contributed by atoms with Gasteiger partial charge < -0.3 is 11.1 Å². The Morgan fingerprint density at radius 3 is 2.55 bits per heavy atom. The Balaban J connectivity index is 0.00000200. The first-order valence-electron chi connectivity index (χ1n) is 6.25. The van der Waals surface area contributed by atoms with Gasteiger partial charge in [-0.25, -0.2) is 8.78 Å². The highest BCUT2D eigenvalue weighted by atomic mass is 35.5. The van der Waals surface area contributed by atoms with Gasteiger partial charge in [0.05, 0.1) is 6.54 Å². The largest absolute Gasteiger partial charge is 0.330 e. The number of hydrogen-bond donors (Lipinski definition) is 2. The summed E-state index contributed by atoms with van der Waals surface area (Å²) >= 11 is 0. The van der Waals surface area contributed by atoms with Gasteiger partial charge in [-0.3, -0.25) is 9.69 Å². The van der Waals surface area contributed by atoms with Crippen LogP contribution in [0.5, 0.6) is 0 Å². The van der Waals surface area contributed by atoms with E-state index in [0.29, 0.717) is 12.5 Å². The summed E-state index contributed by atoms with van der Waals surface area (Å²) in [6.07, 6.45) is 0.984. The molecule has 2 rings (SSSR count). The zero-order valence-corrected chi connectivity index (χ0v) is 11.8. The number of carbonyl (C=O) groups excluding carboxylic acids is 1. The maximum atomic E-state index is 13.0. The summed E-state index contributed by atoms with van der Waals surface area (Å²) in [4.78, 5) is 13.7. The fourth-order valence-corrected chi connectivity index (χ4v) is 2.28. The summed E-state index contributed by atoms with van der Waals surface area (Å²) in [6.45, 7) is 2.45. The lowest BCUT2D eigenvalue weighted by Gasteiger charge is -2.15. The van der Waals surface area contributed by atoms with Gasteiger partial charge in [0.25, 0.3) is 0 Å². The lowest BCUT2D eigenvalue weighted by molar-refractivity contribution is -0.117. The molecule has 1 aliphatic rings. The number of hydrogen-bond acceptors (Lipinski definition) is 3. The lowest BCUT2D eigenvalue weighted by atomic mass is 10.1. The molecule has 1 heterocycles. The first kappa shape index (κ1) is 16.8. The molecule has 1 aromatic rings. The van der Waals surface area contributed by atoms with Crippen LogP contribution in [0.3, 0.4) is 0 Å². The average molecular weight is 306 g/mol. The van der Waals surface area contributed by atoms with Crippen molar-refractivity contribution in [2.24, 2.45) is 11.7 Å². The van der Waals surface area contributed by atoms with Crippen molar-refractivity contribution in [3.05, 3.63) is 29.8 Å². The van der Waals surface area contributed by atoms with Gasteiger partial charge in [-0.1, -0.05) is 0 Å². The number of benzene rings is 1. The molecule has 3 N–H and O–H groups in total. The molecule has 0 aliphatic carbocycles. The van der Waals surface area contributed by atoms with Crippen LogP contribution < -0.4 is 11.1 Å². The van der Waals surface area contributed by atoms with Gasteiger partial charge in [0, 0.05) is 18.3 Å². The van der Waals surface area contributed by atoms with Crippen LogP contribution >= 0.6 is 12.4 Å². The van der Waals surface area contributed by atoms with Gasteiger partial charge in [0.1, 0.15) is 11.6 Å². The summed E-state index contributed by atoms with van der Waals surface area (Å²) in [6, 6.07) is 2.95. The average Bonchev–Trinajstić information content (AvgIpc) is 2.74. The molecule has 4 nitrogen and oxygen atoms in total. The second-order valence-electron chi connectivity index (χ2n) is 4.83. The first-order valence-corrected chi connectivity index (χ1v) is 6.25. The molecule has 112 valence electrons. The molecule has 0 spiro atoms. The topological polar surface area (TPSA) is 58.4 Å². The Labute approximate surface area is 122 Å². The fraction of sp³-hybridized carbons (Fsp3) is 0.462. The van der Waals surface area contributed by atoms with E-state index in [1.54, 1.807) is 0 Å². The number of likely N-dealkylation sites (tertiary alicyclic amines) is 1. The van der Waals surface area contributed by atoms with Crippen LogP contribution in [0.2, 0.25) is 0 Å². The molecule has 1 saturated heterocycles. The Bertz CT molecular complexity index is 453. The van der Waals surface area contributed by atoms with E-state index in [-0.39, 0.29) is 30.5 Å². The van der Waals surface area contributed by atoms with Gasteiger partial charge in [-0.05, 0) is 37.6 Å². The van der Waals surface area contributed by atoms with Gasteiger partial charge in [0.2, 0.25) is 5.91 Å². The molecular weight excluding hydrogens is 288 g/mol.